The molecule has 2 aromatic carbocycles. The lowest BCUT2D eigenvalue weighted by molar-refractivity contribution is 0.0697. The molecule has 0 aliphatic carbocycles. The number of nitrogens with zero attached hydrogens (tertiary/aromatic N) is 2. The Morgan fingerprint density at radius 3 is 1.80 bits per heavy atom. The molecule has 1 fully saturated rings. The summed E-state index contributed by atoms with van der Waals surface area (Å²) in [6.45, 7) is 5.70. The van der Waals surface area contributed by atoms with Crippen molar-refractivity contribution >= 4 is 5.97 Å². The van der Waals surface area contributed by atoms with Crippen molar-refractivity contribution in [2.45, 2.75) is 19.5 Å². The van der Waals surface area contributed by atoms with Gasteiger partial charge in [-0.15, -0.1) is 0 Å². The van der Waals surface area contributed by atoms with Gasteiger partial charge in [-0.1, -0.05) is 24.3 Å². The summed E-state index contributed by atoms with van der Waals surface area (Å²) in [5, 5.41) is 8.96. The number of benzene rings is 2. The van der Waals surface area contributed by atoms with Gasteiger partial charge < -0.3 is 5.11 Å². The molecule has 0 bridgehead atoms. The number of hydrogen-bond acceptors (Lipinski definition) is 3. The van der Waals surface area contributed by atoms with E-state index in [1.165, 1.54) is 12.1 Å². The van der Waals surface area contributed by atoms with E-state index in [2.05, 4.69) is 9.80 Å². The van der Waals surface area contributed by atoms with Crippen LogP contribution < -0.4 is 0 Å². The first-order chi connectivity index (χ1) is 12.1. The third kappa shape index (κ3) is 5.11. The second-order valence-electron chi connectivity index (χ2n) is 6.53. The molecule has 0 aromatic heterocycles. The van der Waals surface area contributed by atoms with E-state index in [0.717, 1.165) is 56.8 Å². The van der Waals surface area contributed by atoms with Crippen LogP contribution in [0.3, 0.4) is 0 Å². The summed E-state index contributed by atoms with van der Waals surface area (Å²) in [5.74, 6) is -1.09. The monoisotopic (exact) mass is 342 g/mol. The summed E-state index contributed by atoms with van der Waals surface area (Å²) in [6, 6.07) is 13.8. The van der Waals surface area contributed by atoms with Gasteiger partial charge in [0.05, 0.1) is 5.56 Å². The zero-order valence-electron chi connectivity index (χ0n) is 14.2. The highest BCUT2D eigenvalue weighted by Crippen LogP contribution is 2.13. The number of carboxylic acids is 1. The molecule has 1 N–H and O–H groups in total. The molecule has 1 heterocycles. The quantitative estimate of drug-likeness (QED) is 0.906. The van der Waals surface area contributed by atoms with Crippen molar-refractivity contribution in [3.63, 3.8) is 0 Å². The van der Waals surface area contributed by atoms with Crippen molar-refractivity contribution in [3.05, 3.63) is 71.0 Å². The predicted molar refractivity (Wildman–Crippen MR) is 95.0 cm³/mol. The molecule has 3 rings (SSSR count). The molecule has 0 atom stereocenters. The van der Waals surface area contributed by atoms with Gasteiger partial charge >= 0.3 is 5.97 Å². The Morgan fingerprint density at radius 1 is 0.840 bits per heavy atom. The van der Waals surface area contributed by atoms with Crippen LogP contribution in [-0.4, -0.2) is 47.1 Å². The first kappa shape index (κ1) is 17.6. The van der Waals surface area contributed by atoms with Gasteiger partial charge in [-0.2, -0.15) is 0 Å². The fourth-order valence-electron chi connectivity index (χ4n) is 3.20. The maximum absolute atomic E-state index is 13.0. The summed E-state index contributed by atoms with van der Waals surface area (Å²) in [7, 11) is 0. The highest BCUT2D eigenvalue weighted by molar-refractivity contribution is 5.87. The number of rotatable bonds is 5. The Morgan fingerprint density at radius 2 is 1.32 bits per heavy atom. The van der Waals surface area contributed by atoms with Gasteiger partial charge in [0, 0.05) is 26.2 Å². The van der Waals surface area contributed by atoms with Crippen molar-refractivity contribution in [3.8, 4) is 0 Å². The fraction of sp³-hybridized carbons (Fsp3) is 0.350. The van der Waals surface area contributed by atoms with Crippen LogP contribution in [0.25, 0.3) is 0 Å². The lowest BCUT2D eigenvalue weighted by Crippen LogP contribution is -2.30. The van der Waals surface area contributed by atoms with Crippen LogP contribution in [-0.2, 0) is 13.1 Å². The summed E-state index contributed by atoms with van der Waals surface area (Å²) >= 11 is 0. The van der Waals surface area contributed by atoms with E-state index in [1.807, 2.05) is 24.3 Å². The Balaban J connectivity index is 1.52. The molecule has 1 saturated heterocycles. The highest BCUT2D eigenvalue weighted by atomic mass is 19.1. The minimum absolute atomic E-state index is 0.195. The first-order valence-corrected chi connectivity index (χ1v) is 8.61. The summed E-state index contributed by atoms with van der Waals surface area (Å²) in [6.07, 6.45) is 1.09. The highest BCUT2D eigenvalue weighted by Gasteiger charge is 2.15. The average molecular weight is 342 g/mol. The van der Waals surface area contributed by atoms with Crippen molar-refractivity contribution in [2.75, 3.05) is 26.2 Å². The first-order valence-electron chi connectivity index (χ1n) is 8.61. The Bertz CT molecular complexity index is 701. The van der Waals surface area contributed by atoms with Crippen LogP contribution in [0.5, 0.6) is 0 Å². The topological polar surface area (TPSA) is 43.8 Å². The second kappa shape index (κ2) is 8.23. The number of carboxylic acid groups (broad SMARTS) is 1. The zero-order chi connectivity index (χ0) is 17.6. The van der Waals surface area contributed by atoms with Crippen LogP contribution in [0, 0.1) is 5.82 Å². The second-order valence-corrected chi connectivity index (χ2v) is 6.53. The number of hydrogen-bond donors (Lipinski definition) is 1. The summed E-state index contributed by atoms with van der Waals surface area (Å²) in [5.41, 5.74) is 2.60. The maximum Gasteiger partial charge on any atom is 0.335 e. The Hall–Kier alpha value is -2.24. The molecule has 1 aliphatic rings. The van der Waals surface area contributed by atoms with Gasteiger partial charge in [0.2, 0.25) is 0 Å². The minimum atomic E-state index is -0.891. The molecule has 1 aliphatic heterocycles. The summed E-state index contributed by atoms with van der Waals surface area (Å²) < 4.78 is 13.0. The minimum Gasteiger partial charge on any atom is -0.478 e. The summed E-state index contributed by atoms with van der Waals surface area (Å²) in [4.78, 5) is 15.7. The molecule has 132 valence electrons. The number of carbonyl (C=O) groups is 1. The average Bonchev–Trinajstić information content (AvgIpc) is 2.83. The Kier molecular flexibility index (Phi) is 5.79. The van der Waals surface area contributed by atoms with E-state index in [9.17, 15) is 9.18 Å². The SMILES string of the molecule is O=C(O)c1ccc(CN2CCCN(Cc3ccc(F)cc3)CC2)cc1. The van der Waals surface area contributed by atoms with Gasteiger partial charge in [0.15, 0.2) is 0 Å². The normalized spacial score (nSPS) is 16.5. The van der Waals surface area contributed by atoms with Crippen LogP contribution in [0.15, 0.2) is 48.5 Å². The van der Waals surface area contributed by atoms with E-state index in [1.54, 1.807) is 12.1 Å². The van der Waals surface area contributed by atoms with Crippen LogP contribution >= 0.6 is 0 Å². The van der Waals surface area contributed by atoms with Crippen molar-refractivity contribution in [1.82, 2.24) is 9.80 Å². The third-order valence-corrected chi connectivity index (χ3v) is 4.61. The largest absolute Gasteiger partial charge is 0.478 e. The van der Waals surface area contributed by atoms with Crippen LogP contribution in [0.2, 0.25) is 0 Å². The molecule has 0 unspecified atom stereocenters. The Labute approximate surface area is 147 Å². The van der Waals surface area contributed by atoms with Crippen molar-refractivity contribution in [1.29, 1.82) is 0 Å². The van der Waals surface area contributed by atoms with Gasteiger partial charge in [0.1, 0.15) is 5.82 Å². The number of halogens is 1. The van der Waals surface area contributed by atoms with Crippen LogP contribution in [0.1, 0.15) is 27.9 Å². The van der Waals surface area contributed by atoms with Crippen molar-refractivity contribution in [2.24, 2.45) is 0 Å². The molecule has 0 amide bonds. The zero-order valence-corrected chi connectivity index (χ0v) is 14.2. The molecule has 25 heavy (non-hydrogen) atoms. The molecular weight excluding hydrogens is 319 g/mol. The molecule has 4 nitrogen and oxygen atoms in total. The maximum atomic E-state index is 13.0. The predicted octanol–water partition coefficient (Wildman–Crippen LogP) is 3.23. The van der Waals surface area contributed by atoms with E-state index >= 15 is 0 Å². The molecule has 2 aromatic rings. The molecule has 0 spiro atoms. The van der Waals surface area contributed by atoms with Gasteiger partial charge in [-0.05, 0) is 54.9 Å². The third-order valence-electron chi connectivity index (χ3n) is 4.61. The van der Waals surface area contributed by atoms with E-state index in [-0.39, 0.29) is 5.82 Å². The van der Waals surface area contributed by atoms with E-state index < -0.39 is 5.97 Å². The smallest absolute Gasteiger partial charge is 0.335 e. The molecule has 0 saturated carbocycles. The van der Waals surface area contributed by atoms with Crippen LogP contribution in [0.4, 0.5) is 4.39 Å². The van der Waals surface area contributed by atoms with E-state index in [4.69, 9.17) is 5.11 Å². The molecular formula is C20H23FN2O2. The lowest BCUT2D eigenvalue weighted by atomic mass is 10.1. The molecule has 5 heteroatoms. The lowest BCUT2D eigenvalue weighted by Gasteiger charge is -2.22. The van der Waals surface area contributed by atoms with Gasteiger partial charge in [0.25, 0.3) is 0 Å². The van der Waals surface area contributed by atoms with Crippen molar-refractivity contribution < 1.29 is 14.3 Å². The molecule has 0 radical (unpaired) electrons. The standard InChI is InChI=1S/C20H23FN2O2/c21-19-8-4-17(5-9-19)15-23-11-1-10-22(12-13-23)14-16-2-6-18(7-3-16)20(24)25/h2-9H,1,10-15H2,(H,24,25). The number of aromatic carboxylic acids is 1. The van der Waals surface area contributed by atoms with E-state index in [0.29, 0.717) is 5.56 Å². The van der Waals surface area contributed by atoms with Gasteiger partial charge in [-0.25, -0.2) is 9.18 Å². The van der Waals surface area contributed by atoms with Gasteiger partial charge in [-0.3, -0.25) is 9.80 Å². The fourth-order valence-corrected chi connectivity index (χ4v) is 3.20.